The molecule has 2 heterocycles. The first-order valence-electron chi connectivity index (χ1n) is 9.00. The predicted molar refractivity (Wildman–Crippen MR) is 119 cm³/mol. The minimum Gasteiger partial charge on any atom is -0.361 e. The molecule has 0 spiro atoms. The zero-order valence-electron chi connectivity index (χ0n) is 16.0. The number of nitrogens with zero attached hydrogens (tertiary/aromatic N) is 3. The fourth-order valence-electron chi connectivity index (χ4n) is 3.16. The third-order valence-corrected chi connectivity index (χ3v) is 5.38. The van der Waals surface area contributed by atoms with Crippen LogP contribution in [0.25, 0.3) is 0 Å². The third-order valence-electron chi connectivity index (χ3n) is 4.54. The van der Waals surface area contributed by atoms with Crippen LogP contribution in [-0.2, 0) is 24.4 Å². The van der Waals surface area contributed by atoms with E-state index < -0.39 is 0 Å². The fourth-order valence-corrected chi connectivity index (χ4v) is 3.89. The Balaban J connectivity index is 0.000000403. The number of para-hydroxylation sites is 1. The number of rotatable bonds is 3. The smallest absolute Gasteiger partial charge is 0.209 e. The van der Waals surface area contributed by atoms with E-state index in [1.807, 2.05) is 12.1 Å². The van der Waals surface area contributed by atoms with Gasteiger partial charge < -0.3 is 14.4 Å². The number of hydrogen-bond acceptors (Lipinski definition) is 2. The molecule has 0 radical (unpaired) electrons. The molecule has 3 aromatic rings. The first-order valence-corrected chi connectivity index (χ1v) is 10.2. The number of fused-ring (bicyclic) bond motifs is 2. The first-order chi connectivity index (χ1) is 13.5. The van der Waals surface area contributed by atoms with E-state index in [9.17, 15) is 4.79 Å². The van der Waals surface area contributed by atoms with Gasteiger partial charge in [-0.3, -0.25) is 4.79 Å². The number of amides is 1. The number of carbonyl (C=O) groups is 1. The van der Waals surface area contributed by atoms with Crippen LogP contribution in [0.2, 0.25) is 5.02 Å². The van der Waals surface area contributed by atoms with Crippen molar-refractivity contribution in [1.82, 2.24) is 9.47 Å². The fraction of sp³-hybridized carbons (Fsp3) is 0.227. The normalized spacial score (nSPS) is 12.2. The van der Waals surface area contributed by atoms with E-state index in [4.69, 9.17) is 11.6 Å². The molecule has 4 rings (SSSR count). The van der Waals surface area contributed by atoms with Crippen LogP contribution >= 0.6 is 27.5 Å². The summed E-state index contributed by atoms with van der Waals surface area (Å²) in [5, 5.41) is 0.802. The molecule has 0 atom stereocenters. The maximum atomic E-state index is 9.43. The average Bonchev–Trinajstić information content (AvgIpc) is 3.05. The number of hydrogen-bond donors (Lipinski definition) is 0. The van der Waals surface area contributed by atoms with Crippen molar-refractivity contribution in [3.8, 4) is 0 Å². The summed E-state index contributed by atoms with van der Waals surface area (Å²) in [6.07, 6.45) is 2.90. The number of benzene rings is 2. The Morgan fingerprint density at radius 2 is 1.86 bits per heavy atom. The monoisotopic (exact) mass is 459 g/mol. The van der Waals surface area contributed by atoms with Gasteiger partial charge in [0.1, 0.15) is 0 Å². The zero-order valence-corrected chi connectivity index (χ0v) is 18.3. The van der Waals surface area contributed by atoms with Crippen molar-refractivity contribution in [2.75, 3.05) is 19.0 Å². The highest BCUT2D eigenvalue weighted by atomic mass is 79.9. The molecule has 1 amide bonds. The molecule has 0 aliphatic carbocycles. The predicted octanol–water partition coefficient (Wildman–Crippen LogP) is 5.18. The summed E-state index contributed by atoms with van der Waals surface area (Å²) >= 11 is 9.91. The highest BCUT2D eigenvalue weighted by Gasteiger charge is 2.19. The molecule has 1 aromatic heterocycles. The van der Waals surface area contributed by atoms with Crippen molar-refractivity contribution in [3.05, 3.63) is 87.1 Å². The SMILES string of the molecule is CN(C)C=O.Clc1cc(Br)ccc1CN1Cc2cccn2Cc2ccccc21. The van der Waals surface area contributed by atoms with Crippen molar-refractivity contribution < 1.29 is 4.79 Å². The molecule has 1 aliphatic heterocycles. The molecule has 28 heavy (non-hydrogen) atoms. The molecule has 0 saturated carbocycles. The van der Waals surface area contributed by atoms with Gasteiger partial charge in [0, 0.05) is 54.3 Å². The van der Waals surface area contributed by atoms with Crippen molar-refractivity contribution in [2.24, 2.45) is 0 Å². The van der Waals surface area contributed by atoms with E-state index >= 15 is 0 Å². The molecular formula is C22H23BrClN3O. The molecule has 0 unspecified atom stereocenters. The van der Waals surface area contributed by atoms with Crippen molar-refractivity contribution in [2.45, 2.75) is 19.6 Å². The van der Waals surface area contributed by atoms with E-state index in [0.717, 1.165) is 41.1 Å². The van der Waals surface area contributed by atoms with Crippen LogP contribution in [0.3, 0.4) is 0 Å². The standard InChI is InChI=1S/C19H16BrClN2.C3H7NO/c20-16-8-7-14(18(21)10-16)11-23-13-17-5-3-9-22(17)12-15-4-1-2-6-19(15)23;1-4(2)3-5/h1-10H,11-13H2;3H,1-2H3. The van der Waals surface area contributed by atoms with Gasteiger partial charge in [-0.1, -0.05) is 51.8 Å². The lowest BCUT2D eigenvalue weighted by atomic mass is 10.1. The minimum atomic E-state index is 0.750. The molecule has 6 heteroatoms. The zero-order chi connectivity index (χ0) is 20.1. The van der Waals surface area contributed by atoms with E-state index in [-0.39, 0.29) is 0 Å². The second-order valence-electron chi connectivity index (χ2n) is 6.92. The summed E-state index contributed by atoms with van der Waals surface area (Å²) in [4.78, 5) is 13.3. The molecule has 2 aromatic carbocycles. The van der Waals surface area contributed by atoms with Gasteiger partial charge in [0.25, 0.3) is 0 Å². The number of carbonyl (C=O) groups excluding carboxylic acids is 1. The summed E-state index contributed by atoms with van der Waals surface area (Å²) in [7, 11) is 3.38. The summed E-state index contributed by atoms with van der Waals surface area (Å²) in [5.74, 6) is 0. The lowest BCUT2D eigenvalue weighted by Gasteiger charge is -2.25. The topological polar surface area (TPSA) is 28.5 Å². The highest BCUT2D eigenvalue weighted by Crippen LogP contribution is 2.31. The molecule has 0 fully saturated rings. The van der Waals surface area contributed by atoms with Gasteiger partial charge in [-0.05, 0) is 41.5 Å². The van der Waals surface area contributed by atoms with Crippen LogP contribution in [0, 0.1) is 0 Å². The van der Waals surface area contributed by atoms with Crippen molar-refractivity contribution in [1.29, 1.82) is 0 Å². The molecular weight excluding hydrogens is 438 g/mol. The molecule has 1 aliphatic rings. The van der Waals surface area contributed by atoms with Crippen LogP contribution in [0.4, 0.5) is 5.69 Å². The lowest BCUT2D eigenvalue weighted by molar-refractivity contribution is -0.115. The maximum absolute atomic E-state index is 9.43. The van der Waals surface area contributed by atoms with Gasteiger partial charge in [-0.2, -0.15) is 0 Å². The van der Waals surface area contributed by atoms with Gasteiger partial charge in [0.15, 0.2) is 0 Å². The summed E-state index contributed by atoms with van der Waals surface area (Å²) in [6.45, 7) is 2.60. The van der Waals surface area contributed by atoms with E-state index in [0.29, 0.717) is 0 Å². The Bertz CT molecular complexity index is 954. The van der Waals surface area contributed by atoms with Crippen LogP contribution in [0.15, 0.2) is 65.3 Å². The number of halogens is 2. The van der Waals surface area contributed by atoms with Crippen LogP contribution in [0.1, 0.15) is 16.8 Å². The lowest BCUT2D eigenvalue weighted by Crippen LogP contribution is -2.22. The Morgan fingerprint density at radius 1 is 1.11 bits per heavy atom. The second kappa shape index (κ2) is 9.30. The molecule has 0 N–H and O–H groups in total. The Labute approximate surface area is 179 Å². The number of anilines is 1. The Kier molecular flexibility index (Phi) is 6.81. The summed E-state index contributed by atoms with van der Waals surface area (Å²) in [5.41, 5.74) is 5.10. The molecule has 0 saturated heterocycles. The van der Waals surface area contributed by atoms with Gasteiger partial charge in [0.05, 0.1) is 6.54 Å². The van der Waals surface area contributed by atoms with Crippen LogP contribution in [0.5, 0.6) is 0 Å². The maximum Gasteiger partial charge on any atom is 0.209 e. The average molecular weight is 461 g/mol. The van der Waals surface area contributed by atoms with Gasteiger partial charge >= 0.3 is 0 Å². The van der Waals surface area contributed by atoms with Gasteiger partial charge in [0.2, 0.25) is 6.41 Å². The summed E-state index contributed by atoms with van der Waals surface area (Å²) in [6, 6.07) is 19.1. The Morgan fingerprint density at radius 3 is 2.57 bits per heavy atom. The highest BCUT2D eigenvalue weighted by molar-refractivity contribution is 9.10. The minimum absolute atomic E-state index is 0.750. The van der Waals surface area contributed by atoms with Crippen LogP contribution < -0.4 is 4.90 Å². The van der Waals surface area contributed by atoms with Gasteiger partial charge in [-0.25, -0.2) is 0 Å². The molecule has 4 nitrogen and oxygen atoms in total. The quantitative estimate of drug-likeness (QED) is 0.504. The first kappa shape index (κ1) is 20.5. The molecule has 146 valence electrons. The van der Waals surface area contributed by atoms with E-state index in [1.54, 1.807) is 14.1 Å². The number of aromatic nitrogens is 1. The largest absolute Gasteiger partial charge is 0.361 e. The van der Waals surface area contributed by atoms with Crippen molar-refractivity contribution in [3.63, 3.8) is 0 Å². The van der Waals surface area contributed by atoms with Crippen LogP contribution in [-0.4, -0.2) is 30.0 Å². The third kappa shape index (κ3) is 4.97. The second-order valence-corrected chi connectivity index (χ2v) is 8.24. The van der Waals surface area contributed by atoms with Crippen molar-refractivity contribution >= 4 is 39.6 Å². The van der Waals surface area contributed by atoms with E-state index in [2.05, 4.69) is 74.1 Å². The summed E-state index contributed by atoms with van der Waals surface area (Å²) < 4.78 is 3.33. The molecule has 0 bridgehead atoms. The Hall–Kier alpha value is -2.24. The van der Waals surface area contributed by atoms with E-state index in [1.165, 1.54) is 21.8 Å². The van der Waals surface area contributed by atoms with Gasteiger partial charge in [-0.15, -0.1) is 0 Å².